The first-order valence-corrected chi connectivity index (χ1v) is 6.24. The minimum absolute atomic E-state index is 0.357. The SMILES string of the molecule is CNC(c1ccccc1OC)C1CCOCC1. The Hall–Kier alpha value is -1.06. The van der Waals surface area contributed by atoms with Gasteiger partial charge in [0.15, 0.2) is 0 Å². The van der Waals surface area contributed by atoms with Crippen LogP contribution in [-0.2, 0) is 4.74 Å². The Bertz CT molecular complexity index is 348. The summed E-state index contributed by atoms with van der Waals surface area (Å²) in [7, 11) is 3.75. The van der Waals surface area contributed by atoms with Crippen LogP contribution in [0.1, 0.15) is 24.4 Å². The highest BCUT2D eigenvalue weighted by molar-refractivity contribution is 5.36. The quantitative estimate of drug-likeness (QED) is 0.869. The monoisotopic (exact) mass is 235 g/mol. The number of ether oxygens (including phenoxy) is 2. The number of nitrogens with one attached hydrogen (secondary N) is 1. The van der Waals surface area contributed by atoms with E-state index in [0.717, 1.165) is 31.8 Å². The summed E-state index contributed by atoms with van der Waals surface area (Å²) in [5, 5.41) is 3.43. The number of benzene rings is 1. The number of hydrogen-bond donors (Lipinski definition) is 1. The van der Waals surface area contributed by atoms with E-state index in [9.17, 15) is 0 Å². The van der Waals surface area contributed by atoms with Crippen molar-refractivity contribution in [2.45, 2.75) is 18.9 Å². The van der Waals surface area contributed by atoms with Gasteiger partial charge in [-0.25, -0.2) is 0 Å². The smallest absolute Gasteiger partial charge is 0.123 e. The molecule has 17 heavy (non-hydrogen) atoms. The van der Waals surface area contributed by atoms with Gasteiger partial charge in [-0.3, -0.25) is 0 Å². The molecule has 1 aliphatic heterocycles. The van der Waals surface area contributed by atoms with Crippen molar-refractivity contribution >= 4 is 0 Å². The average Bonchev–Trinajstić information content (AvgIpc) is 2.41. The molecule has 1 N–H and O–H groups in total. The molecule has 0 bridgehead atoms. The minimum atomic E-state index is 0.357. The maximum absolute atomic E-state index is 5.45. The lowest BCUT2D eigenvalue weighted by Gasteiger charge is -2.31. The van der Waals surface area contributed by atoms with Gasteiger partial charge >= 0.3 is 0 Å². The standard InChI is InChI=1S/C14H21NO2/c1-15-14(11-7-9-17-10-8-11)12-5-3-4-6-13(12)16-2/h3-6,11,14-15H,7-10H2,1-2H3. The molecule has 0 aliphatic carbocycles. The molecule has 94 valence electrons. The second kappa shape index (κ2) is 6.03. The summed E-state index contributed by atoms with van der Waals surface area (Å²) in [6.07, 6.45) is 2.23. The number of rotatable bonds is 4. The fourth-order valence-electron chi connectivity index (χ4n) is 2.62. The first kappa shape index (κ1) is 12.4. The summed E-state index contributed by atoms with van der Waals surface area (Å²) >= 11 is 0. The van der Waals surface area contributed by atoms with Gasteiger partial charge in [0.05, 0.1) is 7.11 Å². The Balaban J connectivity index is 2.21. The van der Waals surface area contributed by atoms with Crippen molar-refractivity contribution in [1.29, 1.82) is 0 Å². The lowest BCUT2D eigenvalue weighted by molar-refractivity contribution is 0.0543. The Morgan fingerprint density at radius 1 is 1.29 bits per heavy atom. The summed E-state index contributed by atoms with van der Waals surface area (Å²) in [5.41, 5.74) is 1.25. The van der Waals surface area contributed by atoms with Crippen molar-refractivity contribution in [2.75, 3.05) is 27.4 Å². The van der Waals surface area contributed by atoms with Gasteiger partial charge in [0.25, 0.3) is 0 Å². The van der Waals surface area contributed by atoms with Crippen molar-refractivity contribution in [2.24, 2.45) is 5.92 Å². The van der Waals surface area contributed by atoms with Crippen LogP contribution in [0.2, 0.25) is 0 Å². The summed E-state index contributed by atoms with van der Waals surface area (Å²) in [6.45, 7) is 1.75. The van der Waals surface area contributed by atoms with Crippen LogP contribution in [0.25, 0.3) is 0 Å². The largest absolute Gasteiger partial charge is 0.496 e. The zero-order valence-corrected chi connectivity index (χ0v) is 10.6. The Morgan fingerprint density at radius 2 is 2.00 bits per heavy atom. The van der Waals surface area contributed by atoms with E-state index in [4.69, 9.17) is 9.47 Å². The first-order valence-electron chi connectivity index (χ1n) is 6.24. The van der Waals surface area contributed by atoms with E-state index in [1.165, 1.54) is 5.56 Å². The Labute approximate surface area is 103 Å². The van der Waals surface area contributed by atoms with Crippen LogP contribution in [0, 0.1) is 5.92 Å². The molecule has 3 nitrogen and oxygen atoms in total. The van der Waals surface area contributed by atoms with E-state index in [1.807, 2.05) is 19.2 Å². The van der Waals surface area contributed by atoms with Crippen LogP contribution in [0.4, 0.5) is 0 Å². The molecular formula is C14H21NO2. The number of para-hydroxylation sites is 1. The van der Waals surface area contributed by atoms with E-state index in [0.29, 0.717) is 12.0 Å². The second-order valence-electron chi connectivity index (χ2n) is 4.46. The molecule has 0 saturated carbocycles. The zero-order valence-electron chi connectivity index (χ0n) is 10.6. The van der Waals surface area contributed by atoms with Crippen LogP contribution >= 0.6 is 0 Å². The van der Waals surface area contributed by atoms with Crippen molar-refractivity contribution in [3.05, 3.63) is 29.8 Å². The molecule has 0 spiro atoms. The molecule has 1 fully saturated rings. The predicted octanol–water partition coefficient (Wildman–Crippen LogP) is 2.38. The summed E-state index contributed by atoms with van der Waals surface area (Å²) in [5.74, 6) is 1.60. The highest BCUT2D eigenvalue weighted by Gasteiger charge is 2.26. The van der Waals surface area contributed by atoms with Gasteiger partial charge in [-0.1, -0.05) is 18.2 Å². The van der Waals surface area contributed by atoms with Crippen LogP contribution in [0.3, 0.4) is 0 Å². The third-order valence-corrected chi connectivity index (χ3v) is 3.52. The zero-order chi connectivity index (χ0) is 12.1. The summed E-state index contributed by atoms with van der Waals surface area (Å²) in [4.78, 5) is 0. The van der Waals surface area contributed by atoms with Crippen molar-refractivity contribution in [3.63, 3.8) is 0 Å². The maximum Gasteiger partial charge on any atom is 0.123 e. The fourth-order valence-corrected chi connectivity index (χ4v) is 2.62. The lowest BCUT2D eigenvalue weighted by atomic mass is 9.87. The van der Waals surface area contributed by atoms with Gasteiger partial charge in [0.2, 0.25) is 0 Å². The molecule has 1 unspecified atom stereocenters. The molecule has 1 aliphatic rings. The topological polar surface area (TPSA) is 30.5 Å². The summed E-state index contributed by atoms with van der Waals surface area (Å²) < 4.78 is 10.9. The number of hydrogen-bond acceptors (Lipinski definition) is 3. The van der Waals surface area contributed by atoms with Crippen molar-refractivity contribution < 1.29 is 9.47 Å². The molecule has 1 heterocycles. The first-order chi connectivity index (χ1) is 8.36. The molecule has 2 rings (SSSR count). The predicted molar refractivity (Wildman–Crippen MR) is 68.3 cm³/mol. The van der Waals surface area contributed by atoms with E-state index < -0.39 is 0 Å². The maximum atomic E-state index is 5.45. The molecule has 0 radical (unpaired) electrons. The highest BCUT2D eigenvalue weighted by atomic mass is 16.5. The van der Waals surface area contributed by atoms with Crippen LogP contribution in [-0.4, -0.2) is 27.4 Å². The Morgan fingerprint density at radius 3 is 2.65 bits per heavy atom. The van der Waals surface area contributed by atoms with E-state index in [-0.39, 0.29) is 0 Å². The van der Waals surface area contributed by atoms with Gasteiger partial charge < -0.3 is 14.8 Å². The van der Waals surface area contributed by atoms with Crippen LogP contribution in [0.15, 0.2) is 24.3 Å². The number of methoxy groups -OCH3 is 1. The molecule has 3 heteroatoms. The van der Waals surface area contributed by atoms with E-state index in [1.54, 1.807) is 7.11 Å². The average molecular weight is 235 g/mol. The van der Waals surface area contributed by atoms with Gasteiger partial charge in [-0.15, -0.1) is 0 Å². The molecule has 0 amide bonds. The van der Waals surface area contributed by atoms with Gasteiger partial charge in [0.1, 0.15) is 5.75 Å². The molecule has 1 aromatic carbocycles. The van der Waals surface area contributed by atoms with Gasteiger partial charge in [-0.2, -0.15) is 0 Å². The highest BCUT2D eigenvalue weighted by Crippen LogP contribution is 2.34. The van der Waals surface area contributed by atoms with Crippen LogP contribution < -0.4 is 10.1 Å². The van der Waals surface area contributed by atoms with Crippen LogP contribution in [0.5, 0.6) is 5.75 Å². The fraction of sp³-hybridized carbons (Fsp3) is 0.571. The summed E-state index contributed by atoms with van der Waals surface area (Å²) in [6, 6.07) is 8.62. The lowest BCUT2D eigenvalue weighted by Crippen LogP contribution is -2.30. The molecule has 1 saturated heterocycles. The normalized spacial score (nSPS) is 18.9. The van der Waals surface area contributed by atoms with E-state index in [2.05, 4.69) is 17.4 Å². The van der Waals surface area contributed by atoms with Gasteiger partial charge in [0, 0.05) is 24.8 Å². The molecular weight excluding hydrogens is 214 g/mol. The van der Waals surface area contributed by atoms with Crippen molar-refractivity contribution in [1.82, 2.24) is 5.32 Å². The molecule has 0 aromatic heterocycles. The minimum Gasteiger partial charge on any atom is -0.496 e. The third-order valence-electron chi connectivity index (χ3n) is 3.52. The Kier molecular flexibility index (Phi) is 4.40. The van der Waals surface area contributed by atoms with Gasteiger partial charge in [-0.05, 0) is 31.9 Å². The second-order valence-corrected chi connectivity index (χ2v) is 4.46. The third kappa shape index (κ3) is 2.79. The van der Waals surface area contributed by atoms with Crippen molar-refractivity contribution in [3.8, 4) is 5.75 Å². The van der Waals surface area contributed by atoms with E-state index >= 15 is 0 Å². The molecule has 1 aromatic rings. The molecule has 1 atom stereocenters.